The first-order valence-corrected chi connectivity index (χ1v) is 11.9. The van der Waals surface area contributed by atoms with Gasteiger partial charge in [0.15, 0.2) is 0 Å². The third-order valence-corrected chi connectivity index (χ3v) is 7.27. The summed E-state index contributed by atoms with van der Waals surface area (Å²) in [7, 11) is 0. The second-order valence-corrected chi connectivity index (χ2v) is 11.5. The largest absolute Gasteiger partial charge is 0.389 e. The second-order valence-electron chi connectivity index (χ2n) is 10.6. The van der Waals surface area contributed by atoms with Crippen LogP contribution in [-0.2, 0) is 4.74 Å². The number of nitrogens with zero attached hydrogens (tertiary/aromatic N) is 1. The number of rotatable bonds is 7. The molecular formula is C26H34Cl3NO2. The van der Waals surface area contributed by atoms with E-state index in [9.17, 15) is 5.11 Å². The van der Waals surface area contributed by atoms with Gasteiger partial charge in [-0.2, -0.15) is 0 Å². The molecule has 1 aliphatic carbocycles. The van der Waals surface area contributed by atoms with Crippen LogP contribution in [0.15, 0.2) is 48.5 Å². The van der Waals surface area contributed by atoms with Crippen molar-refractivity contribution in [2.24, 2.45) is 10.8 Å². The van der Waals surface area contributed by atoms with Gasteiger partial charge in [0.1, 0.15) is 6.10 Å². The van der Waals surface area contributed by atoms with E-state index in [0.29, 0.717) is 33.5 Å². The fraction of sp³-hybridized carbons (Fsp3) is 0.538. The van der Waals surface area contributed by atoms with E-state index in [2.05, 4.69) is 25.7 Å². The minimum Gasteiger partial charge on any atom is -0.389 e. The molecule has 2 aliphatic rings. The molecule has 2 fully saturated rings. The standard InChI is InChI=1S/C26H33Cl2NO2.ClH/c1-25(2)12-22-13-26(3,16-25)17-29(22)14-23(30)15-31-24(18-4-8-20(27)9-5-18)19-6-10-21(28)11-7-19;/h4-11,22-24,30H,12-17H2,1-3H3;1H. The topological polar surface area (TPSA) is 32.7 Å². The first-order chi connectivity index (χ1) is 14.6. The summed E-state index contributed by atoms with van der Waals surface area (Å²) in [5.74, 6) is 0. The third kappa shape index (κ3) is 6.20. The highest BCUT2D eigenvalue weighted by molar-refractivity contribution is 6.30. The van der Waals surface area contributed by atoms with Gasteiger partial charge in [-0.15, -0.1) is 12.4 Å². The smallest absolute Gasteiger partial charge is 0.108 e. The van der Waals surface area contributed by atoms with Crippen molar-refractivity contribution in [2.45, 2.75) is 58.3 Å². The summed E-state index contributed by atoms with van der Waals surface area (Å²) < 4.78 is 6.28. The number of β-amino-alcohol motifs (C(OH)–C–C–N with tert-alkyl or cyclic N) is 1. The van der Waals surface area contributed by atoms with Crippen LogP contribution in [0.5, 0.6) is 0 Å². The van der Waals surface area contributed by atoms with E-state index in [4.69, 9.17) is 27.9 Å². The number of halogens is 3. The second kappa shape index (κ2) is 10.2. The number of aliphatic hydroxyl groups is 1. The van der Waals surface area contributed by atoms with Gasteiger partial charge in [-0.05, 0) is 65.5 Å². The predicted molar refractivity (Wildman–Crippen MR) is 135 cm³/mol. The van der Waals surface area contributed by atoms with E-state index >= 15 is 0 Å². The van der Waals surface area contributed by atoms with Gasteiger partial charge in [-0.3, -0.25) is 4.90 Å². The molecule has 0 spiro atoms. The molecule has 2 aromatic carbocycles. The van der Waals surface area contributed by atoms with Crippen LogP contribution in [-0.4, -0.2) is 41.8 Å². The molecule has 0 amide bonds. The summed E-state index contributed by atoms with van der Waals surface area (Å²) in [5, 5.41) is 12.2. The van der Waals surface area contributed by atoms with Crippen LogP contribution in [0.4, 0.5) is 0 Å². The Labute approximate surface area is 208 Å². The lowest BCUT2D eigenvalue weighted by Crippen LogP contribution is -2.39. The highest BCUT2D eigenvalue weighted by Gasteiger charge is 2.49. The van der Waals surface area contributed by atoms with Crippen molar-refractivity contribution in [1.29, 1.82) is 0 Å². The number of hydrogen-bond acceptors (Lipinski definition) is 3. The minimum atomic E-state index is -0.534. The fourth-order valence-corrected chi connectivity index (χ4v) is 6.23. The van der Waals surface area contributed by atoms with Gasteiger partial charge < -0.3 is 9.84 Å². The maximum atomic E-state index is 10.9. The van der Waals surface area contributed by atoms with Gasteiger partial charge >= 0.3 is 0 Å². The third-order valence-electron chi connectivity index (χ3n) is 6.77. The zero-order valence-corrected chi connectivity index (χ0v) is 21.4. The zero-order valence-electron chi connectivity index (χ0n) is 19.1. The molecule has 0 aromatic heterocycles. The number of benzene rings is 2. The van der Waals surface area contributed by atoms with Crippen molar-refractivity contribution >= 4 is 35.6 Å². The molecule has 2 bridgehead atoms. The lowest BCUT2D eigenvalue weighted by atomic mass is 9.65. The van der Waals surface area contributed by atoms with Crippen molar-refractivity contribution in [3.8, 4) is 0 Å². The van der Waals surface area contributed by atoms with Gasteiger partial charge in [0.05, 0.1) is 12.7 Å². The average molecular weight is 499 g/mol. The van der Waals surface area contributed by atoms with Crippen LogP contribution in [0.25, 0.3) is 0 Å². The Balaban J connectivity index is 0.00000289. The average Bonchev–Trinajstić information content (AvgIpc) is 2.92. The normalized spacial score (nSPS) is 25.5. The maximum absolute atomic E-state index is 10.9. The van der Waals surface area contributed by atoms with Crippen molar-refractivity contribution in [1.82, 2.24) is 4.90 Å². The lowest BCUT2D eigenvalue weighted by Gasteiger charge is -2.40. The first kappa shape index (κ1) is 25.8. The Kier molecular flexibility index (Phi) is 8.24. The molecule has 1 saturated heterocycles. The van der Waals surface area contributed by atoms with Crippen molar-refractivity contribution < 1.29 is 9.84 Å². The van der Waals surface area contributed by atoms with Crippen LogP contribution >= 0.6 is 35.6 Å². The Morgan fingerprint density at radius 3 is 2.03 bits per heavy atom. The minimum absolute atomic E-state index is 0. The molecule has 3 atom stereocenters. The number of hydrogen-bond donors (Lipinski definition) is 1. The number of ether oxygens (including phenoxy) is 1. The number of fused-ring (bicyclic) bond motifs is 2. The molecule has 4 rings (SSSR count). The molecular weight excluding hydrogens is 465 g/mol. The quantitative estimate of drug-likeness (QED) is 0.456. The molecule has 1 heterocycles. The number of aliphatic hydroxyl groups excluding tert-OH is 1. The van der Waals surface area contributed by atoms with Crippen molar-refractivity contribution in [2.75, 3.05) is 19.7 Å². The molecule has 0 radical (unpaired) electrons. The molecule has 1 saturated carbocycles. The maximum Gasteiger partial charge on any atom is 0.108 e. The van der Waals surface area contributed by atoms with Crippen LogP contribution in [0.3, 0.4) is 0 Å². The molecule has 32 heavy (non-hydrogen) atoms. The van der Waals surface area contributed by atoms with Gasteiger partial charge in [0, 0.05) is 29.2 Å². The Hall–Kier alpha value is -0.810. The van der Waals surface area contributed by atoms with E-state index in [0.717, 1.165) is 17.7 Å². The highest BCUT2D eigenvalue weighted by Crippen LogP contribution is 2.52. The van der Waals surface area contributed by atoms with Crippen LogP contribution in [0.2, 0.25) is 10.0 Å². The fourth-order valence-electron chi connectivity index (χ4n) is 5.98. The van der Waals surface area contributed by atoms with E-state index in [1.54, 1.807) is 0 Å². The molecule has 1 aliphatic heterocycles. The summed E-state index contributed by atoms with van der Waals surface area (Å²) in [6, 6.07) is 15.9. The Morgan fingerprint density at radius 2 is 1.50 bits per heavy atom. The summed E-state index contributed by atoms with van der Waals surface area (Å²) in [5.41, 5.74) is 2.75. The number of likely N-dealkylation sites (tertiary alicyclic amines) is 1. The molecule has 3 nitrogen and oxygen atoms in total. The van der Waals surface area contributed by atoms with E-state index < -0.39 is 6.10 Å². The van der Waals surface area contributed by atoms with Crippen LogP contribution in [0.1, 0.15) is 57.3 Å². The first-order valence-electron chi connectivity index (χ1n) is 11.2. The summed E-state index contributed by atoms with van der Waals surface area (Å²) in [6.07, 6.45) is 2.89. The molecule has 6 heteroatoms. The van der Waals surface area contributed by atoms with E-state index in [-0.39, 0.29) is 25.1 Å². The molecule has 3 unspecified atom stereocenters. The molecule has 1 N–H and O–H groups in total. The highest BCUT2D eigenvalue weighted by atomic mass is 35.5. The Bertz CT molecular complexity index is 841. The summed E-state index contributed by atoms with van der Waals surface area (Å²) in [4.78, 5) is 2.49. The predicted octanol–water partition coefficient (Wildman–Crippen LogP) is 6.78. The monoisotopic (exact) mass is 497 g/mol. The van der Waals surface area contributed by atoms with Crippen LogP contribution in [0, 0.1) is 10.8 Å². The van der Waals surface area contributed by atoms with Crippen LogP contribution < -0.4 is 0 Å². The SMILES string of the molecule is CC1(C)CC2CC(C)(CN2CC(O)COC(c2ccc(Cl)cc2)c2ccc(Cl)cc2)C1.Cl. The summed E-state index contributed by atoms with van der Waals surface area (Å²) in [6.45, 7) is 9.16. The van der Waals surface area contributed by atoms with Gasteiger partial charge in [0.2, 0.25) is 0 Å². The van der Waals surface area contributed by atoms with Crippen molar-refractivity contribution in [3.63, 3.8) is 0 Å². The van der Waals surface area contributed by atoms with E-state index in [1.807, 2.05) is 48.5 Å². The van der Waals surface area contributed by atoms with Gasteiger partial charge in [-0.25, -0.2) is 0 Å². The summed E-state index contributed by atoms with van der Waals surface area (Å²) >= 11 is 12.2. The van der Waals surface area contributed by atoms with Crippen molar-refractivity contribution in [3.05, 3.63) is 69.7 Å². The van der Waals surface area contributed by atoms with Gasteiger partial charge in [0.25, 0.3) is 0 Å². The van der Waals surface area contributed by atoms with E-state index in [1.165, 1.54) is 19.3 Å². The molecule has 2 aromatic rings. The lowest BCUT2D eigenvalue weighted by molar-refractivity contribution is -0.0112. The zero-order chi connectivity index (χ0) is 22.2. The van der Waals surface area contributed by atoms with Gasteiger partial charge in [-0.1, -0.05) is 68.2 Å². The Morgan fingerprint density at radius 1 is 0.969 bits per heavy atom. The molecule has 176 valence electrons.